The summed E-state index contributed by atoms with van der Waals surface area (Å²) >= 11 is 5.70. The maximum absolute atomic E-state index is 12.0. The standard InChI is InChI=1S/C13H16ClNO2/c1-8-3-2-4-10(8)13(17)15-9-5-6-11(14)12(16)7-9/h5-8,10,16H,2-4H2,1H3,(H,15,17). The summed E-state index contributed by atoms with van der Waals surface area (Å²) in [4.78, 5) is 12.0. The largest absolute Gasteiger partial charge is 0.506 e. The number of aromatic hydroxyl groups is 1. The van der Waals surface area contributed by atoms with Crippen molar-refractivity contribution in [3.05, 3.63) is 23.2 Å². The van der Waals surface area contributed by atoms with Crippen molar-refractivity contribution >= 4 is 23.2 Å². The van der Waals surface area contributed by atoms with Gasteiger partial charge in [-0.25, -0.2) is 0 Å². The topological polar surface area (TPSA) is 49.3 Å². The molecule has 1 aromatic carbocycles. The number of carbonyl (C=O) groups is 1. The maximum Gasteiger partial charge on any atom is 0.227 e. The molecule has 0 bridgehead atoms. The van der Waals surface area contributed by atoms with Crippen molar-refractivity contribution < 1.29 is 9.90 Å². The van der Waals surface area contributed by atoms with Crippen LogP contribution in [0.15, 0.2) is 18.2 Å². The number of carbonyl (C=O) groups excluding carboxylic acids is 1. The Morgan fingerprint density at radius 2 is 2.24 bits per heavy atom. The van der Waals surface area contributed by atoms with E-state index in [9.17, 15) is 9.90 Å². The van der Waals surface area contributed by atoms with E-state index in [0.717, 1.165) is 19.3 Å². The van der Waals surface area contributed by atoms with E-state index >= 15 is 0 Å². The van der Waals surface area contributed by atoms with E-state index in [1.54, 1.807) is 12.1 Å². The number of benzene rings is 1. The number of phenols is 1. The van der Waals surface area contributed by atoms with Gasteiger partial charge in [0.15, 0.2) is 0 Å². The van der Waals surface area contributed by atoms with Crippen molar-refractivity contribution in [2.45, 2.75) is 26.2 Å². The van der Waals surface area contributed by atoms with Crippen LogP contribution >= 0.6 is 11.6 Å². The lowest BCUT2D eigenvalue weighted by Crippen LogP contribution is -2.24. The average molecular weight is 254 g/mol. The van der Waals surface area contributed by atoms with Crippen LogP contribution in [0.2, 0.25) is 5.02 Å². The van der Waals surface area contributed by atoms with Crippen LogP contribution in [-0.4, -0.2) is 11.0 Å². The lowest BCUT2D eigenvalue weighted by molar-refractivity contribution is -0.120. The summed E-state index contributed by atoms with van der Waals surface area (Å²) in [6.07, 6.45) is 3.18. The molecule has 1 aliphatic carbocycles. The monoisotopic (exact) mass is 253 g/mol. The van der Waals surface area contributed by atoms with E-state index in [2.05, 4.69) is 12.2 Å². The van der Waals surface area contributed by atoms with Crippen LogP contribution in [0.25, 0.3) is 0 Å². The van der Waals surface area contributed by atoms with Crippen molar-refractivity contribution in [3.8, 4) is 5.75 Å². The van der Waals surface area contributed by atoms with Gasteiger partial charge in [-0.15, -0.1) is 0 Å². The number of anilines is 1. The van der Waals surface area contributed by atoms with Crippen LogP contribution in [-0.2, 0) is 4.79 Å². The number of phenolic OH excluding ortho intramolecular Hbond substituents is 1. The van der Waals surface area contributed by atoms with E-state index in [4.69, 9.17) is 11.6 Å². The summed E-state index contributed by atoms with van der Waals surface area (Å²) in [6, 6.07) is 4.74. The molecule has 1 saturated carbocycles. The molecule has 0 aromatic heterocycles. The van der Waals surface area contributed by atoms with Gasteiger partial charge in [0.05, 0.1) is 5.02 Å². The van der Waals surface area contributed by atoms with Crippen molar-refractivity contribution in [2.75, 3.05) is 5.32 Å². The quantitative estimate of drug-likeness (QED) is 0.849. The SMILES string of the molecule is CC1CCCC1C(=O)Nc1ccc(Cl)c(O)c1. The molecule has 4 heteroatoms. The second-order valence-corrected chi connectivity index (χ2v) is 5.08. The number of amides is 1. The predicted octanol–water partition coefficient (Wildman–Crippen LogP) is 3.42. The summed E-state index contributed by atoms with van der Waals surface area (Å²) in [6.45, 7) is 2.11. The first kappa shape index (κ1) is 12.2. The molecule has 2 atom stereocenters. The summed E-state index contributed by atoms with van der Waals surface area (Å²) in [5.74, 6) is 0.560. The Labute approximate surface area is 106 Å². The molecule has 1 fully saturated rings. The van der Waals surface area contributed by atoms with Crippen LogP contribution in [0.3, 0.4) is 0 Å². The Bertz CT molecular complexity index is 433. The Morgan fingerprint density at radius 3 is 2.82 bits per heavy atom. The normalized spacial score (nSPS) is 23.6. The molecule has 1 aliphatic rings. The highest BCUT2D eigenvalue weighted by Gasteiger charge is 2.29. The zero-order chi connectivity index (χ0) is 12.4. The number of rotatable bonds is 2. The van der Waals surface area contributed by atoms with Crippen LogP contribution in [0.4, 0.5) is 5.69 Å². The highest BCUT2D eigenvalue weighted by Crippen LogP contribution is 2.33. The molecule has 0 spiro atoms. The van der Waals surface area contributed by atoms with Crippen molar-refractivity contribution in [2.24, 2.45) is 11.8 Å². The van der Waals surface area contributed by atoms with Gasteiger partial charge in [0, 0.05) is 17.7 Å². The number of hydrogen-bond donors (Lipinski definition) is 2. The molecule has 2 rings (SSSR count). The van der Waals surface area contributed by atoms with Crippen LogP contribution in [0.1, 0.15) is 26.2 Å². The van der Waals surface area contributed by atoms with E-state index in [1.165, 1.54) is 6.07 Å². The third-order valence-electron chi connectivity index (χ3n) is 3.41. The van der Waals surface area contributed by atoms with Gasteiger partial charge in [0.25, 0.3) is 0 Å². The van der Waals surface area contributed by atoms with Crippen molar-refractivity contribution in [1.82, 2.24) is 0 Å². The van der Waals surface area contributed by atoms with Gasteiger partial charge < -0.3 is 10.4 Å². The molecule has 0 saturated heterocycles. The average Bonchev–Trinajstić information content (AvgIpc) is 2.70. The van der Waals surface area contributed by atoms with Gasteiger partial charge >= 0.3 is 0 Å². The van der Waals surface area contributed by atoms with Gasteiger partial charge in [-0.3, -0.25) is 4.79 Å². The molecule has 0 aliphatic heterocycles. The van der Waals surface area contributed by atoms with E-state index in [-0.39, 0.29) is 22.6 Å². The summed E-state index contributed by atoms with van der Waals surface area (Å²) in [5.41, 5.74) is 0.594. The molecular weight excluding hydrogens is 238 g/mol. The van der Waals surface area contributed by atoms with Crippen LogP contribution in [0.5, 0.6) is 5.75 Å². The van der Waals surface area contributed by atoms with E-state index in [1.807, 2.05) is 0 Å². The van der Waals surface area contributed by atoms with Gasteiger partial charge in [-0.1, -0.05) is 24.9 Å². The van der Waals surface area contributed by atoms with Crippen LogP contribution < -0.4 is 5.32 Å². The third-order valence-corrected chi connectivity index (χ3v) is 3.73. The fraction of sp³-hybridized carbons (Fsp3) is 0.462. The minimum atomic E-state index is -0.0102. The molecule has 1 aromatic rings. The second kappa shape index (κ2) is 4.96. The summed E-state index contributed by atoms with van der Waals surface area (Å²) < 4.78 is 0. The highest BCUT2D eigenvalue weighted by atomic mass is 35.5. The van der Waals surface area contributed by atoms with Crippen LogP contribution in [0, 0.1) is 11.8 Å². The van der Waals surface area contributed by atoms with Gasteiger partial charge in [0.2, 0.25) is 5.91 Å². The molecule has 2 unspecified atom stereocenters. The fourth-order valence-electron chi connectivity index (χ4n) is 2.36. The molecular formula is C13H16ClNO2. The van der Waals surface area contributed by atoms with E-state index in [0.29, 0.717) is 11.6 Å². The zero-order valence-electron chi connectivity index (χ0n) is 9.74. The van der Waals surface area contributed by atoms with Gasteiger partial charge in [-0.2, -0.15) is 0 Å². The Balaban J connectivity index is 2.05. The Hall–Kier alpha value is -1.22. The lowest BCUT2D eigenvalue weighted by atomic mass is 9.97. The first-order chi connectivity index (χ1) is 8.08. The van der Waals surface area contributed by atoms with Gasteiger partial charge in [-0.05, 0) is 30.9 Å². The number of nitrogens with one attached hydrogen (secondary N) is 1. The van der Waals surface area contributed by atoms with Crippen molar-refractivity contribution in [1.29, 1.82) is 0 Å². The first-order valence-electron chi connectivity index (χ1n) is 5.87. The molecule has 17 heavy (non-hydrogen) atoms. The van der Waals surface area contributed by atoms with Gasteiger partial charge in [0.1, 0.15) is 5.75 Å². The van der Waals surface area contributed by atoms with E-state index < -0.39 is 0 Å². The molecule has 3 nitrogen and oxygen atoms in total. The molecule has 1 amide bonds. The molecule has 92 valence electrons. The smallest absolute Gasteiger partial charge is 0.227 e. The first-order valence-corrected chi connectivity index (χ1v) is 6.25. The number of hydrogen-bond acceptors (Lipinski definition) is 2. The minimum absolute atomic E-state index is 0.0102. The fourth-order valence-corrected chi connectivity index (χ4v) is 2.48. The lowest BCUT2D eigenvalue weighted by Gasteiger charge is -2.15. The Morgan fingerprint density at radius 1 is 1.47 bits per heavy atom. The number of halogens is 1. The third kappa shape index (κ3) is 2.72. The van der Waals surface area contributed by atoms with Crippen molar-refractivity contribution in [3.63, 3.8) is 0 Å². The Kier molecular flexibility index (Phi) is 3.57. The predicted molar refractivity (Wildman–Crippen MR) is 68.3 cm³/mol. The molecule has 0 radical (unpaired) electrons. The zero-order valence-corrected chi connectivity index (χ0v) is 10.5. The highest BCUT2D eigenvalue weighted by molar-refractivity contribution is 6.32. The maximum atomic E-state index is 12.0. The second-order valence-electron chi connectivity index (χ2n) is 4.67. The minimum Gasteiger partial charge on any atom is -0.506 e. The molecule has 0 heterocycles. The summed E-state index contributed by atoms with van der Waals surface area (Å²) in [5, 5.41) is 12.6. The molecule has 2 N–H and O–H groups in total. The summed E-state index contributed by atoms with van der Waals surface area (Å²) in [7, 11) is 0.